The number of imide groups is 1. The lowest BCUT2D eigenvalue weighted by atomic mass is 9.73. The molecule has 3 rings (SSSR count). The summed E-state index contributed by atoms with van der Waals surface area (Å²) >= 11 is 0. The van der Waals surface area contributed by atoms with E-state index in [0.29, 0.717) is 19.4 Å². The average Bonchev–Trinajstić information content (AvgIpc) is 3.56. The molecular weight excluding hydrogens is 666 g/mol. The normalized spacial score (nSPS) is 21.2. The van der Waals surface area contributed by atoms with Gasteiger partial charge in [-0.15, -0.1) is 0 Å². The Hall–Kier alpha value is -3.39. The lowest BCUT2D eigenvalue weighted by Gasteiger charge is -2.43. The first-order valence-electron chi connectivity index (χ1n) is 18.6. The minimum atomic E-state index is -1.23. The van der Waals surface area contributed by atoms with Crippen LogP contribution in [0.15, 0.2) is 24.3 Å². The van der Waals surface area contributed by atoms with Gasteiger partial charge in [0.05, 0.1) is 49.3 Å². The number of nitrogens with zero attached hydrogens (tertiary/aromatic N) is 2. The van der Waals surface area contributed by atoms with Gasteiger partial charge in [-0.05, 0) is 63.1 Å². The number of carbonyl (C=O) groups is 5. The topological polar surface area (TPSA) is 170 Å². The summed E-state index contributed by atoms with van der Waals surface area (Å²) in [6, 6.07) is 5.57. The van der Waals surface area contributed by atoms with Crippen LogP contribution in [0.2, 0.25) is 0 Å². The minimum Gasteiger partial charge on any atom is -0.467 e. The Kier molecular flexibility index (Phi) is 15.4. The van der Waals surface area contributed by atoms with Crippen LogP contribution in [0, 0.1) is 17.8 Å². The summed E-state index contributed by atoms with van der Waals surface area (Å²) < 4.78 is 17.1. The van der Waals surface area contributed by atoms with Gasteiger partial charge >= 0.3 is 5.97 Å². The summed E-state index contributed by atoms with van der Waals surface area (Å²) in [7, 11) is 6.25. The summed E-state index contributed by atoms with van der Waals surface area (Å²) in [6.07, 6.45) is 1.61. The van der Waals surface area contributed by atoms with Crippen LogP contribution in [0.4, 0.5) is 0 Å². The standard InChI is InChI=1S/C39H63N5O8/c1-12-23(4)33(43(8)32(22(2)3)36(47)42-38(49)39(6,7)40)29(50-9)21-30(45)44-19-15-18-28(44)34(51-10)24(5)35(46)41-31(37(48)52-11)27-20-25-16-13-14-17-26(25)27/h13-14,16-17,22-24,27-29,31-34H,12,15,18-21,40H2,1-11H3,(H,41,46)(H,42,47,49)/t23-,24+,27?,28-,29+,31?,32-,33-,34+/m0/s1. The largest absolute Gasteiger partial charge is 0.467 e. The monoisotopic (exact) mass is 729 g/mol. The molecular formula is C39H63N5O8. The third kappa shape index (κ3) is 9.77. The zero-order valence-electron chi connectivity index (χ0n) is 33.1. The maximum absolute atomic E-state index is 14.2. The summed E-state index contributed by atoms with van der Waals surface area (Å²) in [5.74, 6) is -3.06. The Bertz CT molecular complexity index is 1410. The Morgan fingerprint density at radius 2 is 1.67 bits per heavy atom. The molecule has 4 N–H and O–H groups in total. The molecule has 52 heavy (non-hydrogen) atoms. The summed E-state index contributed by atoms with van der Waals surface area (Å²) in [5, 5.41) is 5.43. The van der Waals surface area contributed by atoms with Crippen LogP contribution in [0.1, 0.15) is 91.2 Å². The van der Waals surface area contributed by atoms with Crippen LogP contribution in [-0.2, 0) is 44.6 Å². The smallest absolute Gasteiger partial charge is 0.329 e. The van der Waals surface area contributed by atoms with E-state index in [9.17, 15) is 24.0 Å². The molecule has 292 valence electrons. The fourth-order valence-corrected chi connectivity index (χ4v) is 8.01. The van der Waals surface area contributed by atoms with E-state index in [1.165, 1.54) is 14.2 Å². The molecule has 2 aliphatic rings. The van der Waals surface area contributed by atoms with Crippen molar-refractivity contribution in [3.05, 3.63) is 35.4 Å². The van der Waals surface area contributed by atoms with Crippen LogP contribution in [0.5, 0.6) is 0 Å². The first-order valence-corrected chi connectivity index (χ1v) is 18.6. The number of ether oxygens (including phenoxy) is 3. The maximum Gasteiger partial charge on any atom is 0.329 e. The molecule has 1 aromatic carbocycles. The molecule has 0 spiro atoms. The van der Waals surface area contributed by atoms with E-state index in [4.69, 9.17) is 19.9 Å². The molecule has 0 saturated carbocycles. The van der Waals surface area contributed by atoms with E-state index in [1.807, 2.05) is 57.0 Å². The van der Waals surface area contributed by atoms with Crippen molar-refractivity contribution in [3.8, 4) is 0 Å². The SMILES string of the molecule is CC[C@H](C)[C@@H]([C@@H](CC(=O)N1CCC[C@H]1[C@H](OC)[C@@H](C)C(=O)NC(C(=O)OC)C1Cc2ccccc21)OC)N(C)[C@H](C(=O)NC(=O)C(C)(C)N)C(C)C. The summed E-state index contributed by atoms with van der Waals surface area (Å²) in [4.78, 5) is 70.7. The molecule has 1 fully saturated rings. The number of benzene rings is 1. The maximum atomic E-state index is 14.2. The highest BCUT2D eigenvalue weighted by atomic mass is 16.5. The Morgan fingerprint density at radius 3 is 2.21 bits per heavy atom. The van der Waals surface area contributed by atoms with Crippen molar-refractivity contribution in [3.63, 3.8) is 0 Å². The number of carbonyl (C=O) groups excluding carboxylic acids is 5. The summed E-state index contributed by atoms with van der Waals surface area (Å²) in [5.41, 5.74) is 6.88. The molecule has 1 aliphatic heterocycles. The van der Waals surface area contributed by atoms with Crippen LogP contribution in [-0.4, -0.2) is 116 Å². The van der Waals surface area contributed by atoms with Crippen LogP contribution in [0.25, 0.3) is 0 Å². The third-order valence-electron chi connectivity index (χ3n) is 11.1. The van der Waals surface area contributed by atoms with Gasteiger partial charge in [0.2, 0.25) is 23.6 Å². The van der Waals surface area contributed by atoms with E-state index in [-0.39, 0.29) is 48.1 Å². The summed E-state index contributed by atoms with van der Waals surface area (Å²) in [6.45, 7) is 13.3. The van der Waals surface area contributed by atoms with Gasteiger partial charge in [-0.2, -0.15) is 0 Å². The van der Waals surface area contributed by atoms with Gasteiger partial charge in [-0.1, -0.05) is 65.3 Å². The van der Waals surface area contributed by atoms with Crippen molar-refractivity contribution in [2.45, 2.75) is 128 Å². The first kappa shape index (κ1) is 43.0. The van der Waals surface area contributed by atoms with Gasteiger partial charge < -0.3 is 30.2 Å². The molecule has 2 unspecified atom stereocenters. The van der Waals surface area contributed by atoms with Gasteiger partial charge in [0, 0.05) is 32.7 Å². The molecule has 1 aliphatic carbocycles. The molecule has 1 heterocycles. The number of likely N-dealkylation sites (N-methyl/N-ethyl adjacent to an activating group) is 1. The van der Waals surface area contributed by atoms with Crippen molar-refractivity contribution in [2.75, 3.05) is 34.9 Å². The molecule has 0 bridgehead atoms. The quantitative estimate of drug-likeness (QED) is 0.191. The first-order chi connectivity index (χ1) is 24.4. The second-order valence-electron chi connectivity index (χ2n) is 15.6. The number of rotatable bonds is 18. The van der Waals surface area contributed by atoms with Gasteiger partial charge in [0.1, 0.15) is 6.04 Å². The minimum absolute atomic E-state index is 0.0219. The molecule has 1 aromatic rings. The van der Waals surface area contributed by atoms with Crippen molar-refractivity contribution >= 4 is 29.6 Å². The molecule has 13 nitrogen and oxygen atoms in total. The Morgan fingerprint density at radius 1 is 1.02 bits per heavy atom. The third-order valence-corrected chi connectivity index (χ3v) is 11.1. The fourth-order valence-electron chi connectivity index (χ4n) is 8.01. The number of hydrogen-bond acceptors (Lipinski definition) is 10. The number of esters is 1. The number of amides is 4. The predicted molar refractivity (Wildman–Crippen MR) is 198 cm³/mol. The number of nitrogens with two attached hydrogens (primary N) is 1. The van der Waals surface area contributed by atoms with E-state index in [0.717, 1.165) is 24.0 Å². The average molecular weight is 730 g/mol. The van der Waals surface area contributed by atoms with Crippen LogP contribution >= 0.6 is 0 Å². The second kappa shape index (κ2) is 18.6. The van der Waals surface area contributed by atoms with Crippen molar-refractivity contribution in [2.24, 2.45) is 23.5 Å². The molecule has 13 heteroatoms. The second-order valence-corrected chi connectivity index (χ2v) is 15.6. The number of hydrogen-bond donors (Lipinski definition) is 3. The Balaban J connectivity index is 1.79. The lowest BCUT2D eigenvalue weighted by Crippen LogP contribution is -2.60. The van der Waals surface area contributed by atoms with Crippen molar-refractivity contribution < 1.29 is 38.2 Å². The van der Waals surface area contributed by atoms with Crippen LogP contribution in [0.3, 0.4) is 0 Å². The van der Waals surface area contributed by atoms with Gasteiger partial charge in [0.25, 0.3) is 0 Å². The van der Waals surface area contributed by atoms with Crippen molar-refractivity contribution in [1.29, 1.82) is 0 Å². The van der Waals surface area contributed by atoms with E-state index >= 15 is 0 Å². The molecule has 9 atom stereocenters. The molecule has 0 radical (unpaired) electrons. The lowest BCUT2D eigenvalue weighted by molar-refractivity contribution is -0.148. The number of methoxy groups -OCH3 is 3. The van der Waals surface area contributed by atoms with Crippen molar-refractivity contribution in [1.82, 2.24) is 20.4 Å². The van der Waals surface area contributed by atoms with E-state index < -0.39 is 53.5 Å². The Labute approximate surface area is 310 Å². The highest BCUT2D eigenvalue weighted by Gasteiger charge is 2.45. The number of nitrogens with one attached hydrogen (secondary N) is 2. The van der Waals surface area contributed by atoms with Gasteiger partial charge in [-0.3, -0.25) is 29.4 Å². The number of likely N-dealkylation sites (tertiary alicyclic amines) is 1. The molecule has 4 amide bonds. The highest BCUT2D eigenvalue weighted by molar-refractivity contribution is 6.01. The number of fused-ring (bicyclic) bond motifs is 1. The van der Waals surface area contributed by atoms with E-state index in [2.05, 4.69) is 17.6 Å². The highest BCUT2D eigenvalue weighted by Crippen LogP contribution is 2.38. The predicted octanol–water partition coefficient (Wildman–Crippen LogP) is 2.78. The molecule has 0 aromatic heterocycles. The van der Waals surface area contributed by atoms with Crippen LogP contribution < -0.4 is 16.4 Å². The molecule has 1 saturated heterocycles. The zero-order valence-corrected chi connectivity index (χ0v) is 33.1. The van der Waals surface area contributed by atoms with Gasteiger partial charge in [0.15, 0.2) is 0 Å². The zero-order chi connectivity index (χ0) is 39.1. The fraction of sp³-hybridized carbons (Fsp3) is 0.718. The van der Waals surface area contributed by atoms with Gasteiger partial charge in [-0.25, -0.2) is 4.79 Å². The van der Waals surface area contributed by atoms with E-state index in [1.54, 1.807) is 32.8 Å².